The van der Waals surface area contributed by atoms with E-state index < -0.39 is 0 Å². The highest BCUT2D eigenvalue weighted by Gasteiger charge is 2.44. The summed E-state index contributed by atoms with van der Waals surface area (Å²) in [4.78, 5) is 11.5. The van der Waals surface area contributed by atoms with Crippen LogP contribution in [0.4, 0.5) is 0 Å². The van der Waals surface area contributed by atoms with E-state index >= 15 is 0 Å². The van der Waals surface area contributed by atoms with Crippen molar-refractivity contribution in [3.63, 3.8) is 0 Å². The van der Waals surface area contributed by atoms with Crippen LogP contribution in [0.25, 0.3) is 0 Å². The Labute approximate surface area is 126 Å². The van der Waals surface area contributed by atoms with Gasteiger partial charge in [-0.1, -0.05) is 13.0 Å². The third-order valence-corrected chi connectivity index (χ3v) is 4.14. The summed E-state index contributed by atoms with van der Waals surface area (Å²) in [6.45, 7) is 4.76. The molecule has 4 heteroatoms. The number of hydrogen-bond acceptors (Lipinski definition) is 4. The lowest BCUT2D eigenvalue weighted by Gasteiger charge is -2.15. The second-order valence-electron chi connectivity index (χ2n) is 5.61. The highest BCUT2D eigenvalue weighted by molar-refractivity contribution is 5.75. The smallest absolute Gasteiger partial charge is 0.308 e. The van der Waals surface area contributed by atoms with E-state index in [0.29, 0.717) is 18.4 Å². The van der Waals surface area contributed by atoms with Crippen LogP contribution in [0.3, 0.4) is 0 Å². The van der Waals surface area contributed by atoms with Crippen LogP contribution in [0.15, 0.2) is 18.2 Å². The lowest BCUT2D eigenvalue weighted by Crippen LogP contribution is -2.06. The van der Waals surface area contributed by atoms with Gasteiger partial charge in [-0.3, -0.25) is 4.79 Å². The Kier molecular flexibility index (Phi) is 5.10. The van der Waals surface area contributed by atoms with Gasteiger partial charge in [0.1, 0.15) is 0 Å². The molecule has 0 spiro atoms. The van der Waals surface area contributed by atoms with Crippen molar-refractivity contribution in [1.82, 2.24) is 0 Å². The molecule has 1 saturated carbocycles. The third-order valence-electron chi connectivity index (χ3n) is 4.14. The van der Waals surface area contributed by atoms with Gasteiger partial charge in [-0.2, -0.15) is 0 Å². The molecule has 21 heavy (non-hydrogen) atoms. The number of benzene rings is 1. The lowest BCUT2D eigenvalue weighted by molar-refractivity contribution is -0.142. The van der Waals surface area contributed by atoms with E-state index in [9.17, 15) is 4.79 Å². The van der Waals surface area contributed by atoms with Gasteiger partial charge < -0.3 is 14.2 Å². The van der Waals surface area contributed by atoms with Gasteiger partial charge in [-0.25, -0.2) is 0 Å². The first-order valence-electron chi connectivity index (χ1n) is 7.49. The molecule has 1 fully saturated rings. The SMILES string of the molecule is CCOc1ccc(C(C)CC2CC2C(=O)OC)cc1OC. The highest BCUT2D eigenvalue weighted by atomic mass is 16.5. The van der Waals surface area contributed by atoms with Crippen LogP contribution >= 0.6 is 0 Å². The van der Waals surface area contributed by atoms with E-state index in [0.717, 1.165) is 24.3 Å². The fourth-order valence-electron chi connectivity index (χ4n) is 2.80. The maximum atomic E-state index is 11.5. The van der Waals surface area contributed by atoms with Gasteiger partial charge in [-0.15, -0.1) is 0 Å². The molecule has 1 aliphatic rings. The molecule has 0 aliphatic heterocycles. The van der Waals surface area contributed by atoms with Gasteiger partial charge in [-0.05, 0) is 49.3 Å². The first-order valence-corrected chi connectivity index (χ1v) is 7.49. The van der Waals surface area contributed by atoms with Gasteiger partial charge in [0.05, 0.1) is 26.7 Å². The van der Waals surface area contributed by atoms with Crippen LogP contribution in [0.2, 0.25) is 0 Å². The predicted molar refractivity (Wildman–Crippen MR) is 80.8 cm³/mol. The topological polar surface area (TPSA) is 44.8 Å². The minimum atomic E-state index is -0.0727. The van der Waals surface area contributed by atoms with Gasteiger partial charge in [0.15, 0.2) is 11.5 Å². The maximum absolute atomic E-state index is 11.5. The number of rotatable bonds is 7. The Bertz CT molecular complexity index is 498. The average Bonchev–Trinajstić information content (AvgIpc) is 3.26. The Morgan fingerprint density at radius 3 is 2.71 bits per heavy atom. The number of methoxy groups -OCH3 is 2. The van der Waals surface area contributed by atoms with Crippen LogP contribution in [0.1, 0.15) is 38.2 Å². The molecule has 0 bridgehead atoms. The Balaban J connectivity index is 2.00. The van der Waals surface area contributed by atoms with Crippen LogP contribution < -0.4 is 9.47 Å². The van der Waals surface area contributed by atoms with Crippen LogP contribution in [-0.4, -0.2) is 26.8 Å². The summed E-state index contributed by atoms with van der Waals surface area (Å²) in [7, 11) is 3.11. The maximum Gasteiger partial charge on any atom is 0.308 e. The fourth-order valence-corrected chi connectivity index (χ4v) is 2.80. The van der Waals surface area contributed by atoms with Gasteiger partial charge in [0, 0.05) is 0 Å². The van der Waals surface area contributed by atoms with Crippen LogP contribution in [0.5, 0.6) is 11.5 Å². The molecule has 0 amide bonds. The molecule has 0 N–H and O–H groups in total. The number of ether oxygens (including phenoxy) is 3. The Morgan fingerprint density at radius 1 is 1.33 bits per heavy atom. The van der Waals surface area contributed by atoms with Crippen molar-refractivity contribution in [3.8, 4) is 11.5 Å². The van der Waals surface area contributed by atoms with Crippen molar-refractivity contribution >= 4 is 5.97 Å². The molecule has 0 saturated heterocycles. The van der Waals surface area contributed by atoms with Gasteiger partial charge in [0.2, 0.25) is 0 Å². The molecule has 0 heterocycles. The molecule has 116 valence electrons. The molecular formula is C17H24O4. The zero-order chi connectivity index (χ0) is 15.4. The van der Waals surface area contributed by atoms with Crippen molar-refractivity contribution in [3.05, 3.63) is 23.8 Å². The molecule has 1 aromatic rings. The van der Waals surface area contributed by atoms with Crippen molar-refractivity contribution < 1.29 is 19.0 Å². The molecule has 0 radical (unpaired) electrons. The molecule has 2 rings (SSSR count). The summed E-state index contributed by atoms with van der Waals surface area (Å²) in [5, 5.41) is 0. The normalized spacial score (nSPS) is 21.5. The molecule has 3 unspecified atom stereocenters. The van der Waals surface area contributed by atoms with E-state index in [1.807, 2.05) is 19.1 Å². The summed E-state index contributed by atoms with van der Waals surface area (Å²) >= 11 is 0. The standard InChI is InChI=1S/C17H24O4/c1-5-21-15-7-6-12(10-16(15)19-3)11(2)8-13-9-14(13)17(18)20-4/h6-7,10-11,13-14H,5,8-9H2,1-4H3. The van der Waals surface area contributed by atoms with E-state index in [-0.39, 0.29) is 11.9 Å². The zero-order valence-electron chi connectivity index (χ0n) is 13.2. The predicted octanol–water partition coefficient (Wildman–Crippen LogP) is 3.40. The van der Waals surface area contributed by atoms with Crippen molar-refractivity contribution in [2.45, 2.75) is 32.6 Å². The lowest BCUT2D eigenvalue weighted by atomic mass is 9.94. The van der Waals surface area contributed by atoms with Crippen LogP contribution in [-0.2, 0) is 9.53 Å². The number of hydrogen-bond donors (Lipinski definition) is 0. The summed E-state index contributed by atoms with van der Waals surface area (Å²) in [6, 6.07) is 6.07. The van der Waals surface area contributed by atoms with E-state index in [2.05, 4.69) is 13.0 Å². The third kappa shape index (κ3) is 3.69. The van der Waals surface area contributed by atoms with E-state index in [4.69, 9.17) is 14.2 Å². The van der Waals surface area contributed by atoms with Crippen molar-refractivity contribution in [1.29, 1.82) is 0 Å². The zero-order valence-corrected chi connectivity index (χ0v) is 13.2. The molecule has 1 aromatic carbocycles. The summed E-state index contributed by atoms with van der Waals surface area (Å²) in [6.07, 6.45) is 1.95. The molecule has 4 nitrogen and oxygen atoms in total. The number of carbonyl (C=O) groups is 1. The van der Waals surface area contributed by atoms with Gasteiger partial charge in [0.25, 0.3) is 0 Å². The van der Waals surface area contributed by atoms with Gasteiger partial charge >= 0.3 is 5.97 Å². The first kappa shape index (κ1) is 15.7. The van der Waals surface area contributed by atoms with Crippen LogP contribution in [0, 0.1) is 11.8 Å². The number of carbonyl (C=O) groups excluding carboxylic acids is 1. The minimum absolute atomic E-state index is 0.0727. The molecule has 0 aromatic heterocycles. The molecule has 1 aliphatic carbocycles. The summed E-state index contributed by atoms with van der Waals surface area (Å²) < 4.78 is 15.7. The minimum Gasteiger partial charge on any atom is -0.493 e. The monoisotopic (exact) mass is 292 g/mol. The first-order chi connectivity index (χ1) is 10.1. The quantitative estimate of drug-likeness (QED) is 0.723. The summed E-state index contributed by atoms with van der Waals surface area (Å²) in [5.74, 6) is 2.40. The Hall–Kier alpha value is -1.71. The largest absolute Gasteiger partial charge is 0.493 e. The second-order valence-corrected chi connectivity index (χ2v) is 5.61. The van der Waals surface area contributed by atoms with Crippen molar-refractivity contribution in [2.75, 3.05) is 20.8 Å². The van der Waals surface area contributed by atoms with Crippen molar-refractivity contribution in [2.24, 2.45) is 11.8 Å². The molecule has 3 atom stereocenters. The highest BCUT2D eigenvalue weighted by Crippen LogP contribution is 2.46. The fraction of sp³-hybridized carbons (Fsp3) is 0.588. The van der Waals surface area contributed by atoms with E-state index in [1.54, 1.807) is 7.11 Å². The summed E-state index contributed by atoms with van der Waals surface area (Å²) in [5.41, 5.74) is 1.21. The van der Waals surface area contributed by atoms with E-state index in [1.165, 1.54) is 12.7 Å². The second kappa shape index (κ2) is 6.83. The molecular weight excluding hydrogens is 268 g/mol. The number of esters is 1. The average molecular weight is 292 g/mol. The Morgan fingerprint density at radius 2 is 2.10 bits per heavy atom.